The number of carbonyl (C=O) groups is 1. The molecule has 4 heteroatoms. The number of hydrogen-bond donors (Lipinski definition) is 2. The van der Waals surface area contributed by atoms with Crippen LogP contribution in [0.5, 0.6) is 0 Å². The molecule has 0 aliphatic heterocycles. The molecule has 3 N–H and O–H groups in total. The van der Waals surface area contributed by atoms with Gasteiger partial charge in [0.05, 0.1) is 4.99 Å². The number of hydrogen-bond acceptors (Lipinski definition) is 2. The molecule has 0 saturated heterocycles. The number of carbonyl (C=O) groups excluding carboxylic acids is 1. The number of benzene rings is 1. The molecule has 1 unspecified atom stereocenters. The minimum absolute atomic E-state index is 0.0535. The van der Waals surface area contributed by atoms with Crippen LogP contribution in [0, 0.1) is 5.92 Å². The predicted octanol–water partition coefficient (Wildman–Crippen LogP) is 1.97. The van der Waals surface area contributed by atoms with Crippen molar-refractivity contribution < 1.29 is 4.79 Å². The third-order valence-electron chi connectivity index (χ3n) is 3.71. The van der Waals surface area contributed by atoms with E-state index in [1.807, 2.05) is 19.1 Å². The summed E-state index contributed by atoms with van der Waals surface area (Å²) in [6.45, 7) is 2.03. The molecule has 1 aromatic carbocycles. The maximum atomic E-state index is 12.3. The third-order valence-corrected chi connectivity index (χ3v) is 3.88. The van der Waals surface area contributed by atoms with Crippen molar-refractivity contribution in [1.82, 2.24) is 5.32 Å². The van der Waals surface area contributed by atoms with E-state index in [0.717, 1.165) is 19.3 Å². The molecule has 1 atom stereocenters. The standard InChI is InChI=1S/C15H20N2OS/c1-2-13(9-14(16)19)17-15(18)12-7-10-5-3-4-6-11(10)8-12/h3-6,12-13H,2,7-9H2,1H3,(H2,16,19)(H,17,18). The maximum Gasteiger partial charge on any atom is 0.224 e. The van der Waals surface area contributed by atoms with Gasteiger partial charge in [0.1, 0.15) is 0 Å². The highest BCUT2D eigenvalue weighted by Gasteiger charge is 2.28. The highest BCUT2D eigenvalue weighted by Crippen LogP contribution is 2.26. The lowest BCUT2D eigenvalue weighted by molar-refractivity contribution is -0.125. The first-order valence-corrected chi connectivity index (χ1v) is 7.16. The Morgan fingerprint density at radius 1 is 1.42 bits per heavy atom. The summed E-state index contributed by atoms with van der Waals surface area (Å²) in [4.78, 5) is 12.7. The molecule has 0 bridgehead atoms. The molecule has 1 aliphatic carbocycles. The van der Waals surface area contributed by atoms with E-state index in [-0.39, 0.29) is 17.9 Å². The molecule has 1 aliphatic rings. The van der Waals surface area contributed by atoms with Crippen LogP contribution in [-0.2, 0) is 17.6 Å². The van der Waals surface area contributed by atoms with E-state index in [4.69, 9.17) is 18.0 Å². The smallest absolute Gasteiger partial charge is 0.224 e. The van der Waals surface area contributed by atoms with Crippen molar-refractivity contribution in [3.8, 4) is 0 Å². The van der Waals surface area contributed by atoms with Crippen molar-refractivity contribution >= 4 is 23.1 Å². The quantitative estimate of drug-likeness (QED) is 0.809. The van der Waals surface area contributed by atoms with E-state index in [0.29, 0.717) is 11.4 Å². The molecular formula is C15H20N2OS. The zero-order chi connectivity index (χ0) is 13.8. The Morgan fingerprint density at radius 2 is 2.00 bits per heavy atom. The molecule has 0 radical (unpaired) electrons. The SMILES string of the molecule is CCC(CC(N)=S)NC(=O)C1Cc2ccccc2C1. The third kappa shape index (κ3) is 3.53. The minimum atomic E-state index is 0.0535. The van der Waals surface area contributed by atoms with E-state index < -0.39 is 0 Å². The fourth-order valence-electron chi connectivity index (χ4n) is 2.60. The monoisotopic (exact) mass is 276 g/mol. The van der Waals surface area contributed by atoms with Crippen molar-refractivity contribution in [3.63, 3.8) is 0 Å². The number of nitrogens with two attached hydrogens (primary N) is 1. The van der Waals surface area contributed by atoms with Gasteiger partial charge in [0.25, 0.3) is 0 Å². The Labute approximate surface area is 119 Å². The maximum absolute atomic E-state index is 12.3. The molecule has 0 heterocycles. The summed E-state index contributed by atoms with van der Waals surface area (Å²) in [5, 5.41) is 3.07. The van der Waals surface area contributed by atoms with Gasteiger partial charge in [0.15, 0.2) is 0 Å². The summed E-state index contributed by atoms with van der Waals surface area (Å²) in [5.74, 6) is 0.178. The second kappa shape index (κ2) is 6.15. The van der Waals surface area contributed by atoms with Gasteiger partial charge in [0.2, 0.25) is 5.91 Å². The van der Waals surface area contributed by atoms with Crippen LogP contribution in [0.4, 0.5) is 0 Å². The Morgan fingerprint density at radius 3 is 2.47 bits per heavy atom. The summed E-state index contributed by atoms with van der Waals surface area (Å²) in [5.41, 5.74) is 8.14. The predicted molar refractivity (Wildman–Crippen MR) is 81.0 cm³/mol. The zero-order valence-electron chi connectivity index (χ0n) is 11.2. The number of rotatable bonds is 5. The number of amides is 1. The Hall–Kier alpha value is -1.42. The van der Waals surface area contributed by atoms with Crippen molar-refractivity contribution in [3.05, 3.63) is 35.4 Å². The Balaban J connectivity index is 1.93. The first-order valence-electron chi connectivity index (χ1n) is 6.75. The van der Waals surface area contributed by atoms with Crippen LogP contribution in [0.15, 0.2) is 24.3 Å². The van der Waals surface area contributed by atoms with E-state index >= 15 is 0 Å². The molecule has 102 valence electrons. The molecule has 0 aromatic heterocycles. The fraction of sp³-hybridized carbons (Fsp3) is 0.467. The lowest BCUT2D eigenvalue weighted by atomic mass is 10.0. The topological polar surface area (TPSA) is 55.1 Å². The van der Waals surface area contributed by atoms with Crippen molar-refractivity contribution in [1.29, 1.82) is 0 Å². The van der Waals surface area contributed by atoms with Crippen LogP contribution in [-0.4, -0.2) is 16.9 Å². The van der Waals surface area contributed by atoms with Crippen LogP contribution in [0.25, 0.3) is 0 Å². The van der Waals surface area contributed by atoms with Crippen molar-refractivity contribution in [2.45, 2.75) is 38.6 Å². The highest BCUT2D eigenvalue weighted by molar-refractivity contribution is 7.80. The van der Waals surface area contributed by atoms with Crippen molar-refractivity contribution in [2.75, 3.05) is 0 Å². The molecule has 1 amide bonds. The first kappa shape index (κ1) is 14.0. The van der Waals surface area contributed by atoms with E-state index in [2.05, 4.69) is 17.4 Å². The normalized spacial score (nSPS) is 15.8. The Kier molecular flexibility index (Phi) is 4.53. The Bertz CT molecular complexity index is 462. The van der Waals surface area contributed by atoms with E-state index in [9.17, 15) is 4.79 Å². The first-order chi connectivity index (χ1) is 9.10. The second-order valence-corrected chi connectivity index (χ2v) is 5.68. The number of thiocarbonyl (C=S) groups is 1. The van der Waals surface area contributed by atoms with Crippen LogP contribution < -0.4 is 11.1 Å². The van der Waals surface area contributed by atoms with Gasteiger partial charge in [-0.1, -0.05) is 43.4 Å². The van der Waals surface area contributed by atoms with Gasteiger partial charge in [0, 0.05) is 18.4 Å². The molecule has 0 saturated carbocycles. The fourth-order valence-corrected chi connectivity index (χ4v) is 2.80. The average molecular weight is 276 g/mol. The summed E-state index contributed by atoms with van der Waals surface area (Å²) < 4.78 is 0. The molecule has 0 spiro atoms. The van der Waals surface area contributed by atoms with Gasteiger partial charge in [-0.25, -0.2) is 0 Å². The van der Waals surface area contributed by atoms with Gasteiger partial charge >= 0.3 is 0 Å². The molecule has 2 rings (SSSR count). The van der Waals surface area contributed by atoms with Gasteiger partial charge in [-0.3, -0.25) is 4.79 Å². The van der Waals surface area contributed by atoms with E-state index in [1.165, 1.54) is 11.1 Å². The second-order valence-electron chi connectivity index (χ2n) is 5.16. The minimum Gasteiger partial charge on any atom is -0.393 e. The van der Waals surface area contributed by atoms with Gasteiger partial charge in [-0.2, -0.15) is 0 Å². The zero-order valence-corrected chi connectivity index (χ0v) is 12.0. The lowest BCUT2D eigenvalue weighted by Crippen LogP contribution is -2.40. The van der Waals surface area contributed by atoms with Gasteiger partial charge in [-0.05, 0) is 30.4 Å². The number of nitrogens with one attached hydrogen (secondary N) is 1. The molecule has 0 fully saturated rings. The van der Waals surface area contributed by atoms with Crippen LogP contribution in [0.2, 0.25) is 0 Å². The van der Waals surface area contributed by atoms with Gasteiger partial charge < -0.3 is 11.1 Å². The van der Waals surface area contributed by atoms with E-state index in [1.54, 1.807) is 0 Å². The van der Waals surface area contributed by atoms with Crippen LogP contribution >= 0.6 is 12.2 Å². The molecular weight excluding hydrogens is 256 g/mol. The summed E-state index contributed by atoms with van der Waals surface area (Å²) in [7, 11) is 0. The molecule has 3 nitrogen and oxygen atoms in total. The highest BCUT2D eigenvalue weighted by atomic mass is 32.1. The summed E-state index contributed by atoms with van der Waals surface area (Å²) in [6, 6.07) is 8.33. The lowest BCUT2D eigenvalue weighted by Gasteiger charge is -2.18. The summed E-state index contributed by atoms with van der Waals surface area (Å²) >= 11 is 4.91. The molecule has 1 aromatic rings. The summed E-state index contributed by atoms with van der Waals surface area (Å²) in [6.07, 6.45) is 3.11. The van der Waals surface area contributed by atoms with Crippen LogP contribution in [0.3, 0.4) is 0 Å². The average Bonchev–Trinajstić information content (AvgIpc) is 2.81. The van der Waals surface area contributed by atoms with Crippen molar-refractivity contribution in [2.24, 2.45) is 11.7 Å². The van der Waals surface area contributed by atoms with Gasteiger partial charge in [-0.15, -0.1) is 0 Å². The molecule has 19 heavy (non-hydrogen) atoms. The van der Waals surface area contributed by atoms with Crippen LogP contribution in [0.1, 0.15) is 30.9 Å². The largest absolute Gasteiger partial charge is 0.393 e. The number of fused-ring (bicyclic) bond motifs is 1.